The number of urea groups is 1. The van der Waals surface area contributed by atoms with Crippen LogP contribution in [0, 0.1) is 0 Å². The molecule has 0 aromatic carbocycles. The minimum Gasteiger partial charge on any atom is -0.480 e. The van der Waals surface area contributed by atoms with Crippen LogP contribution in [0.3, 0.4) is 0 Å². The summed E-state index contributed by atoms with van der Waals surface area (Å²) in [6.45, 7) is 2.08. The van der Waals surface area contributed by atoms with E-state index in [2.05, 4.69) is 10.3 Å². The van der Waals surface area contributed by atoms with Crippen molar-refractivity contribution in [1.29, 1.82) is 0 Å². The average molecular weight is 309 g/mol. The summed E-state index contributed by atoms with van der Waals surface area (Å²) in [5, 5.41) is 14.7. The highest BCUT2D eigenvalue weighted by Crippen LogP contribution is 2.41. The Labute approximate surface area is 127 Å². The molecule has 1 aromatic heterocycles. The van der Waals surface area contributed by atoms with Crippen molar-refractivity contribution in [2.75, 3.05) is 11.9 Å². The second-order valence-electron chi connectivity index (χ2n) is 5.97. The number of aromatic nitrogens is 1. The fourth-order valence-corrected chi connectivity index (χ4v) is 3.52. The minimum absolute atomic E-state index is 0.365. The van der Waals surface area contributed by atoms with Gasteiger partial charge in [0.2, 0.25) is 0 Å². The van der Waals surface area contributed by atoms with Gasteiger partial charge in [0.05, 0.1) is 5.69 Å². The first kappa shape index (κ1) is 14.3. The molecule has 1 atom stereocenters. The monoisotopic (exact) mass is 309 g/mol. The van der Waals surface area contributed by atoms with Crippen molar-refractivity contribution >= 4 is 28.5 Å². The van der Waals surface area contributed by atoms with E-state index in [9.17, 15) is 14.7 Å². The third kappa shape index (κ3) is 2.74. The van der Waals surface area contributed by atoms with Crippen molar-refractivity contribution in [3.8, 4) is 0 Å². The molecule has 2 heterocycles. The van der Waals surface area contributed by atoms with Gasteiger partial charge in [-0.1, -0.05) is 0 Å². The Kier molecular flexibility index (Phi) is 3.61. The van der Waals surface area contributed by atoms with Crippen molar-refractivity contribution in [3.05, 3.63) is 11.1 Å². The predicted octanol–water partition coefficient (Wildman–Crippen LogP) is 2.88. The molecule has 1 aliphatic heterocycles. The van der Waals surface area contributed by atoms with Crippen molar-refractivity contribution in [3.63, 3.8) is 0 Å². The molecule has 2 N–H and O–H groups in total. The molecule has 1 saturated carbocycles. The molecule has 0 bridgehead atoms. The Morgan fingerprint density at radius 3 is 2.90 bits per heavy atom. The van der Waals surface area contributed by atoms with E-state index >= 15 is 0 Å². The van der Waals surface area contributed by atoms with Crippen LogP contribution in [0.5, 0.6) is 0 Å². The number of piperidine rings is 1. The highest BCUT2D eigenvalue weighted by atomic mass is 32.1. The topological polar surface area (TPSA) is 82.5 Å². The van der Waals surface area contributed by atoms with E-state index in [-0.39, 0.29) is 6.03 Å². The molecule has 2 amide bonds. The molecular formula is C14H19N3O3S. The lowest BCUT2D eigenvalue weighted by atomic mass is 9.89. The normalized spacial score (nSPS) is 25.7. The lowest BCUT2D eigenvalue weighted by molar-refractivity contribution is -0.150. The number of aliphatic carboxylic acids is 1. The second-order valence-corrected chi connectivity index (χ2v) is 6.83. The van der Waals surface area contributed by atoms with Crippen molar-refractivity contribution in [2.24, 2.45) is 0 Å². The maximum Gasteiger partial charge on any atom is 0.329 e. The summed E-state index contributed by atoms with van der Waals surface area (Å²) in [5.74, 6) is -0.402. The van der Waals surface area contributed by atoms with Crippen LogP contribution in [0.2, 0.25) is 0 Å². The van der Waals surface area contributed by atoms with E-state index in [0.717, 1.165) is 18.5 Å². The summed E-state index contributed by atoms with van der Waals surface area (Å²) in [6, 6.07) is -0.365. The van der Waals surface area contributed by atoms with Crippen LogP contribution in [0.15, 0.2) is 5.38 Å². The first-order valence-electron chi connectivity index (χ1n) is 7.28. The summed E-state index contributed by atoms with van der Waals surface area (Å²) in [4.78, 5) is 29.8. The van der Waals surface area contributed by atoms with Crippen molar-refractivity contribution in [1.82, 2.24) is 9.88 Å². The number of anilines is 1. The summed E-state index contributed by atoms with van der Waals surface area (Å²) in [5.41, 5.74) is -0.0891. The number of rotatable bonds is 3. The number of hydrogen-bond acceptors (Lipinski definition) is 4. The van der Waals surface area contributed by atoms with Gasteiger partial charge in [0, 0.05) is 17.8 Å². The number of thiazole rings is 1. The fourth-order valence-electron chi connectivity index (χ4n) is 2.74. The molecule has 0 spiro atoms. The number of carbonyl (C=O) groups is 2. The number of nitrogens with one attached hydrogen (secondary N) is 1. The van der Waals surface area contributed by atoms with Crippen LogP contribution in [0.1, 0.15) is 50.6 Å². The third-order valence-corrected chi connectivity index (χ3v) is 5.10. The molecule has 2 aliphatic rings. The molecule has 1 aliphatic carbocycles. The van der Waals surface area contributed by atoms with E-state index < -0.39 is 11.5 Å². The molecule has 21 heavy (non-hydrogen) atoms. The Hall–Kier alpha value is -1.63. The van der Waals surface area contributed by atoms with Crippen LogP contribution < -0.4 is 5.32 Å². The quantitative estimate of drug-likeness (QED) is 0.899. The Morgan fingerprint density at radius 2 is 2.24 bits per heavy atom. The van der Waals surface area contributed by atoms with Crippen LogP contribution in [-0.4, -0.2) is 39.1 Å². The number of amides is 2. The van der Waals surface area contributed by atoms with Gasteiger partial charge in [-0.2, -0.15) is 0 Å². The largest absolute Gasteiger partial charge is 0.480 e. The number of hydrogen-bond donors (Lipinski definition) is 2. The first-order valence-corrected chi connectivity index (χ1v) is 8.16. The van der Waals surface area contributed by atoms with Gasteiger partial charge in [-0.05, 0) is 39.0 Å². The summed E-state index contributed by atoms with van der Waals surface area (Å²) in [7, 11) is 0. The number of nitrogens with zero attached hydrogens (tertiary/aromatic N) is 2. The van der Waals surface area contributed by atoms with E-state index in [1.165, 1.54) is 29.1 Å². The van der Waals surface area contributed by atoms with E-state index in [1.54, 1.807) is 6.92 Å². The summed E-state index contributed by atoms with van der Waals surface area (Å²) < 4.78 is 0. The Balaban J connectivity index is 1.71. The lowest BCUT2D eigenvalue weighted by Crippen LogP contribution is -2.58. The van der Waals surface area contributed by atoms with Crippen LogP contribution >= 0.6 is 11.3 Å². The minimum atomic E-state index is -1.13. The zero-order chi connectivity index (χ0) is 15.0. The molecule has 114 valence electrons. The van der Waals surface area contributed by atoms with Crippen LogP contribution in [0.4, 0.5) is 9.93 Å². The van der Waals surface area contributed by atoms with Crippen molar-refractivity contribution in [2.45, 2.75) is 50.5 Å². The highest BCUT2D eigenvalue weighted by Gasteiger charge is 2.44. The SMILES string of the molecule is CC1(C(=O)O)CCCCN1C(=O)Nc1nc(C2CC2)cs1. The maximum atomic E-state index is 12.4. The first-order chi connectivity index (χ1) is 10.0. The summed E-state index contributed by atoms with van der Waals surface area (Å²) in [6.07, 6.45) is 4.48. The van der Waals surface area contributed by atoms with Crippen LogP contribution in [0.25, 0.3) is 0 Å². The van der Waals surface area contributed by atoms with E-state index in [0.29, 0.717) is 24.0 Å². The number of likely N-dealkylation sites (tertiary alicyclic amines) is 1. The second kappa shape index (κ2) is 5.29. The Bertz CT molecular complexity index is 570. The number of carboxylic acids is 1. The predicted molar refractivity (Wildman–Crippen MR) is 79.7 cm³/mol. The standard InChI is InChI=1S/C14H19N3O3S/c1-14(11(18)19)6-2-3-7-17(14)13(20)16-12-15-10(8-21-12)9-4-5-9/h8-9H,2-7H2,1H3,(H,18,19)(H,15,16,20). The molecule has 1 saturated heterocycles. The van der Waals surface area contributed by atoms with Crippen LogP contribution in [-0.2, 0) is 4.79 Å². The molecule has 0 radical (unpaired) electrons. The van der Waals surface area contributed by atoms with Gasteiger partial charge in [0.25, 0.3) is 0 Å². The molecule has 2 fully saturated rings. The summed E-state index contributed by atoms with van der Waals surface area (Å²) >= 11 is 1.40. The molecular weight excluding hydrogens is 290 g/mol. The molecule has 1 unspecified atom stereocenters. The molecule has 1 aromatic rings. The zero-order valence-electron chi connectivity index (χ0n) is 12.0. The smallest absolute Gasteiger partial charge is 0.329 e. The van der Waals surface area contributed by atoms with Crippen molar-refractivity contribution < 1.29 is 14.7 Å². The van der Waals surface area contributed by atoms with Gasteiger partial charge in [-0.3, -0.25) is 5.32 Å². The third-order valence-electron chi connectivity index (χ3n) is 4.33. The average Bonchev–Trinajstić information content (AvgIpc) is 3.20. The van der Waals surface area contributed by atoms with Gasteiger partial charge in [-0.25, -0.2) is 14.6 Å². The lowest BCUT2D eigenvalue weighted by Gasteiger charge is -2.41. The number of carboxylic acid groups (broad SMARTS) is 1. The zero-order valence-corrected chi connectivity index (χ0v) is 12.8. The van der Waals surface area contributed by atoms with Gasteiger partial charge < -0.3 is 10.0 Å². The fraction of sp³-hybridized carbons (Fsp3) is 0.643. The van der Waals surface area contributed by atoms with E-state index in [1.807, 2.05) is 5.38 Å². The highest BCUT2D eigenvalue weighted by molar-refractivity contribution is 7.13. The molecule has 7 heteroatoms. The van der Waals surface area contributed by atoms with Gasteiger partial charge in [0.15, 0.2) is 5.13 Å². The molecule has 6 nitrogen and oxygen atoms in total. The maximum absolute atomic E-state index is 12.4. The Morgan fingerprint density at radius 1 is 1.48 bits per heavy atom. The van der Waals surface area contributed by atoms with Gasteiger partial charge >= 0.3 is 12.0 Å². The van der Waals surface area contributed by atoms with E-state index in [4.69, 9.17) is 0 Å². The van der Waals surface area contributed by atoms with Gasteiger partial charge in [0.1, 0.15) is 5.54 Å². The number of carbonyl (C=O) groups excluding carboxylic acids is 1. The van der Waals surface area contributed by atoms with Gasteiger partial charge in [-0.15, -0.1) is 11.3 Å². The molecule has 3 rings (SSSR count).